The second-order valence-corrected chi connectivity index (χ2v) is 5.85. The number of non-ortho nitro benzene ring substituents is 1. The molecule has 0 atom stereocenters. The van der Waals surface area contributed by atoms with E-state index >= 15 is 0 Å². The van der Waals surface area contributed by atoms with Crippen molar-refractivity contribution in [3.8, 4) is 0 Å². The first kappa shape index (κ1) is 13.0. The van der Waals surface area contributed by atoms with Gasteiger partial charge in [-0.05, 0) is 6.07 Å². The number of nitro groups is 1. The highest BCUT2D eigenvalue weighted by atomic mass is 32.2. The third kappa shape index (κ3) is 2.49. The lowest BCUT2D eigenvalue weighted by molar-refractivity contribution is -0.384. The van der Waals surface area contributed by atoms with E-state index in [1.807, 2.05) is 23.9 Å². The number of hydrogen-bond acceptors (Lipinski definition) is 5. The van der Waals surface area contributed by atoms with E-state index in [1.165, 1.54) is 0 Å². The van der Waals surface area contributed by atoms with Crippen LogP contribution in [0.15, 0.2) is 35.6 Å². The lowest BCUT2D eigenvalue weighted by Gasteiger charge is -2.29. The summed E-state index contributed by atoms with van der Waals surface area (Å²) in [6.07, 6.45) is 3.74. The number of fused-ring (bicyclic) bond motifs is 1. The van der Waals surface area contributed by atoms with Crippen LogP contribution in [0.25, 0.3) is 0 Å². The van der Waals surface area contributed by atoms with E-state index < -0.39 is 0 Å². The van der Waals surface area contributed by atoms with Crippen molar-refractivity contribution in [1.29, 1.82) is 0 Å². The van der Waals surface area contributed by atoms with Crippen molar-refractivity contribution in [3.63, 3.8) is 0 Å². The number of imidazole rings is 1. The Morgan fingerprint density at radius 3 is 3.05 bits per heavy atom. The van der Waals surface area contributed by atoms with Crippen LogP contribution in [0.2, 0.25) is 0 Å². The highest BCUT2D eigenvalue weighted by Crippen LogP contribution is 2.37. The molecule has 2 aromatic rings. The first-order chi connectivity index (χ1) is 9.63. The summed E-state index contributed by atoms with van der Waals surface area (Å²) in [5.41, 5.74) is 2.04. The molecule has 20 heavy (non-hydrogen) atoms. The quantitative estimate of drug-likeness (QED) is 0.641. The Kier molecular flexibility index (Phi) is 3.35. The van der Waals surface area contributed by atoms with Gasteiger partial charge >= 0.3 is 0 Å². The molecule has 7 heteroatoms. The Hall–Kier alpha value is -2.02. The molecule has 1 aromatic carbocycles. The third-order valence-corrected chi connectivity index (χ3v) is 4.27. The van der Waals surface area contributed by atoms with Crippen LogP contribution in [0.3, 0.4) is 0 Å². The Bertz CT molecular complexity index is 656. The standard InChI is InChI=1S/C13H14N4O2S/c1-15-7-10(14-9-15)8-16-4-5-20-13-3-2-11(17(18)19)6-12(13)16/h2-3,6-7,9H,4-5,8H2,1H3. The summed E-state index contributed by atoms with van der Waals surface area (Å²) in [7, 11) is 1.93. The SMILES string of the molecule is Cn1cnc(CN2CCSc3ccc([N+](=O)[O-])cc32)c1. The fraction of sp³-hybridized carbons (Fsp3) is 0.308. The lowest BCUT2D eigenvalue weighted by Crippen LogP contribution is -2.28. The molecule has 1 aliphatic rings. The number of nitro benzene ring substituents is 1. The van der Waals surface area contributed by atoms with Crippen molar-refractivity contribution in [2.75, 3.05) is 17.2 Å². The minimum Gasteiger partial charge on any atom is -0.364 e. The maximum absolute atomic E-state index is 10.9. The molecule has 0 fully saturated rings. The van der Waals surface area contributed by atoms with Gasteiger partial charge in [0.25, 0.3) is 5.69 Å². The predicted molar refractivity (Wildman–Crippen MR) is 78.1 cm³/mol. The number of nitrogens with zero attached hydrogens (tertiary/aromatic N) is 4. The first-order valence-corrected chi connectivity index (χ1v) is 7.25. The summed E-state index contributed by atoms with van der Waals surface area (Å²) in [6, 6.07) is 5.06. The molecule has 0 radical (unpaired) electrons. The van der Waals surface area contributed by atoms with Crippen LogP contribution in [0.1, 0.15) is 5.69 Å². The van der Waals surface area contributed by atoms with Crippen molar-refractivity contribution in [2.45, 2.75) is 11.4 Å². The summed E-state index contributed by atoms with van der Waals surface area (Å²) in [4.78, 5) is 18.1. The molecule has 0 saturated carbocycles. The zero-order chi connectivity index (χ0) is 14.1. The zero-order valence-electron chi connectivity index (χ0n) is 11.0. The van der Waals surface area contributed by atoms with Crippen LogP contribution < -0.4 is 4.90 Å². The minimum absolute atomic E-state index is 0.136. The van der Waals surface area contributed by atoms with Crippen LogP contribution in [-0.2, 0) is 13.6 Å². The molecule has 1 aromatic heterocycles. The molecule has 0 N–H and O–H groups in total. The summed E-state index contributed by atoms with van der Waals surface area (Å²) in [6.45, 7) is 1.55. The molecular formula is C13H14N4O2S. The van der Waals surface area contributed by atoms with Gasteiger partial charge in [0.2, 0.25) is 0 Å². The van der Waals surface area contributed by atoms with Gasteiger partial charge in [-0.2, -0.15) is 0 Å². The molecule has 104 valence electrons. The van der Waals surface area contributed by atoms with Gasteiger partial charge in [-0.3, -0.25) is 10.1 Å². The van der Waals surface area contributed by atoms with Crippen molar-refractivity contribution < 1.29 is 4.92 Å². The predicted octanol–water partition coefficient (Wildman–Crippen LogP) is 2.44. The highest BCUT2D eigenvalue weighted by molar-refractivity contribution is 7.99. The van der Waals surface area contributed by atoms with Gasteiger partial charge in [0.15, 0.2) is 0 Å². The van der Waals surface area contributed by atoms with Crippen LogP contribution in [-0.4, -0.2) is 26.8 Å². The molecule has 6 nitrogen and oxygen atoms in total. The van der Waals surface area contributed by atoms with Gasteiger partial charge in [0, 0.05) is 42.6 Å². The average Bonchev–Trinajstić information content (AvgIpc) is 2.84. The maximum atomic E-state index is 10.9. The van der Waals surface area contributed by atoms with E-state index in [2.05, 4.69) is 9.88 Å². The van der Waals surface area contributed by atoms with Crippen LogP contribution >= 0.6 is 11.8 Å². The van der Waals surface area contributed by atoms with E-state index in [1.54, 1.807) is 30.2 Å². The molecule has 0 unspecified atom stereocenters. The molecule has 0 bridgehead atoms. The molecule has 0 amide bonds. The topological polar surface area (TPSA) is 64.2 Å². The van der Waals surface area contributed by atoms with E-state index in [4.69, 9.17) is 0 Å². The summed E-state index contributed by atoms with van der Waals surface area (Å²) >= 11 is 1.74. The fourth-order valence-electron chi connectivity index (χ4n) is 2.28. The molecule has 0 saturated heterocycles. The van der Waals surface area contributed by atoms with Gasteiger partial charge in [-0.15, -0.1) is 11.8 Å². The number of aryl methyl sites for hydroxylation is 1. The van der Waals surface area contributed by atoms with Crippen LogP contribution in [0.5, 0.6) is 0 Å². The fourth-order valence-corrected chi connectivity index (χ4v) is 3.31. The summed E-state index contributed by atoms with van der Waals surface area (Å²) in [5.74, 6) is 0.984. The smallest absolute Gasteiger partial charge is 0.271 e. The molecule has 0 aliphatic carbocycles. The Balaban J connectivity index is 1.91. The maximum Gasteiger partial charge on any atom is 0.271 e. The second kappa shape index (κ2) is 5.16. The van der Waals surface area contributed by atoms with Gasteiger partial charge in [-0.25, -0.2) is 4.98 Å². The highest BCUT2D eigenvalue weighted by Gasteiger charge is 2.21. The number of anilines is 1. The second-order valence-electron chi connectivity index (χ2n) is 4.71. The van der Waals surface area contributed by atoms with Crippen molar-refractivity contribution in [3.05, 3.63) is 46.5 Å². The van der Waals surface area contributed by atoms with Crippen molar-refractivity contribution >= 4 is 23.1 Å². The molecule has 1 aliphatic heterocycles. The van der Waals surface area contributed by atoms with Crippen LogP contribution in [0.4, 0.5) is 11.4 Å². The van der Waals surface area contributed by atoms with Crippen molar-refractivity contribution in [1.82, 2.24) is 9.55 Å². The number of rotatable bonds is 3. The van der Waals surface area contributed by atoms with Gasteiger partial charge in [0.1, 0.15) is 0 Å². The van der Waals surface area contributed by atoms with E-state index in [0.717, 1.165) is 28.6 Å². The first-order valence-electron chi connectivity index (χ1n) is 6.26. The normalized spacial score (nSPS) is 14.2. The van der Waals surface area contributed by atoms with E-state index in [9.17, 15) is 10.1 Å². The molecule has 2 heterocycles. The molecule has 3 rings (SSSR count). The number of hydrogen-bond donors (Lipinski definition) is 0. The van der Waals surface area contributed by atoms with Gasteiger partial charge in [0.05, 0.1) is 29.2 Å². The third-order valence-electron chi connectivity index (χ3n) is 3.22. The van der Waals surface area contributed by atoms with Crippen LogP contribution in [0, 0.1) is 10.1 Å². The monoisotopic (exact) mass is 290 g/mol. The molecular weight excluding hydrogens is 276 g/mol. The summed E-state index contributed by atoms with van der Waals surface area (Å²) < 4.78 is 1.91. The average molecular weight is 290 g/mol. The Labute approximate surface area is 120 Å². The Morgan fingerprint density at radius 2 is 2.35 bits per heavy atom. The zero-order valence-corrected chi connectivity index (χ0v) is 11.8. The van der Waals surface area contributed by atoms with Gasteiger partial charge in [-0.1, -0.05) is 0 Å². The summed E-state index contributed by atoms with van der Waals surface area (Å²) in [5, 5.41) is 10.9. The lowest BCUT2D eigenvalue weighted by atomic mass is 10.2. The van der Waals surface area contributed by atoms with E-state index in [-0.39, 0.29) is 10.6 Å². The number of benzene rings is 1. The van der Waals surface area contributed by atoms with Gasteiger partial charge < -0.3 is 9.47 Å². The molecule has 0 spiro atoms. The number of thioether (sulfide) groups is 1. The largest absolute Gasteiger partial charge is 0.364 e. The Morgan fingerprint density at radius 1 is 1.50 bits per heavy atom. The number of aromatic nitrogens is 2. The van der Waals surface area contributed by atoms with E-state index in [0.29, 0.717) is 6.54 Å². The minimum atomic E-state index is -0.349. The van der Waals surface area contributed by atoms with Crippen molar-refractivity contribution in [2.24, 2.45) is 7.05 Å².